The maximum atomic E-state index is 11.8. The maximum Gasteiger partial charge on any atom is 0.220 e. The molecule has 0 spiro atoms. The highest BCUT2D eigenvalue weighted by molar-refractivity contribution is 5.76. The molecule has 0 saturated heterocycles. The Hall–Kier alpha value is -0.650. The number of carbonyl (C=O) groups is 1. The van der Waals surface area contributed by atoms with Gasteiger partial charge in [-0.1, -0.05) is 13.8 Å². The Balaban J connectivity index is 4.02. The number of hydrogen-bond acceptors (Lipinski definition) is 4. The van der Waals surface area contributed by atoms with E-state index in [0.717, 1.165) is 6.42 Å². The predicted molar refractivity (Wildman–Crippen MR) is 76.7 cm³/mol. The number of carbonyl (C=O) groups excluding carboxylic acids is 1. The van der Waals surface area contributed by atoms with Crippen molar-refractivity contribution in [3.63, 3.8) is 0 Å². The van der Waals surface area contributed by atoms with Crippen LogP contribution >= 0.6 is 0 Å². The lowest BCUT2D eigenvalue weighted by Crippen LogP contribution is -2.42. The fraction of sp³-hybridized carbons (Fsp3) is 0.929. The van der Waals surface area contributed by atoms with Crippen molar-refractivity contribution in [2.45, 2.75) is 45.6 Å². The van der Waals surface area contributed by atoms with Crippen molar-refractivity contribution in [3.05, 3.63) is 0 Å². The molecule has 19 heavy (non-hydrogen) atoms. The summed E-state index contributed by atoms with van der Waals surface area (Å²) in [5.41, 5.74) is 4.74. The lowest BCUT2D eigenvalue weighted by molar-refractivity contribution is -0.123. The number of methoxy groups -OCH3 is 1. The molecule has 0 radical (unpaired) electrons. The highest BCUT2D eigenvalue weighted by atomic mass is 16.5. The molecule has 0 rings (SSSR count). The molecule has 5 heteroatoms. The predicted octanol–water partition coefficient (Wildman–Crippen LogP) is 0.901. The Kier molecular flexibility index (Phi) is 8.97. The molecule has 114 valence electrons. The minimum absolute atomic E-state index is 0.0474. The monoisotopic (exact) mass is 274 g/mol. The molecule has 4 N–H and O–H groups in total. The third kappa shape index (κ3) is 9.87. The summed E-state index contributed by atoms with van der Waals surface area (Å²) < 4.78 is 4.92. The van der Waals surface area contributed by atoms with E-state index in [0.29, 0.717) is 31.9 Å². The summed E-state index contributed by atoms with van der Waals surface area (Å²) in [4.78, 5) is 11.8. The molecule has 0 saturated carbocycles. The first-order valence-electron chi connectivity index (χ1n) is 6.98. The Labute approximate surface area is 116 Å². The van der Waals surface area contributed by atoms with Gasteiger partial charge < -0.3 is 20.9 Å². The van der Waals surface area contributed by atoms with Crippen molar-refractivity contribution in [3.8, 4) is 0 Å². The first-order valence-corrected chi connectivity index (χ1v) is 6.98. The van der Waals surface area contributed by atoms with Crippen LogP contribution in [0.4, 0.5) is 0 Å². The number of nitrogens with two attached hydrogens (primary N) is 1. The van der Waals surface area contributed by atoms with E-state index in [9.17, 15) is 9.90 Å². The van der Waals surface area contributed by atoms with E-state index in [-0.39, 0.29) is 18.4 Å². The highest BCUT2D eigenvalue weighted by Gasteiger charge is 2.21. The van der Waals surface area contributed by atoms with Gasteiger partial charge in [-0.3, -0.25) is 4.79 Å². The topological polar surface area (TPSA) is 84.6 Å². The molecule has 0 aromatic heterocycles. The summed E-state index contributed by atoms with van der Waals surface area (Å²) in [6.07, 6.45) is 1.87. The molecular formula is C14H30N2O3. The second-order valence-corrected chi connectivity index (χ2v) is 5.95. The van der Waals surface area contributed by atoms with Crippen LogP contribution in [-0.2, 0) is 9.53 Å². The van der Waals surface area contributed by atoms with Crippen LogP contribution in [-0.4, -0.2) is 43.4 Å². The molecule has 0 aliphatic rings. The van der Waals surface area contributed by atoms with Crippen molar-refractivity contribution in [2.75, 3.05) is 26.8 Å². The minimum atomic E-state index is -0.929. The molecule has 0 heterocycles. The van der Waals surface area contributed by atoms with Crippen molar-refractivity contribution >= 4 is 5.91 Å². The molecule has 1 unspecified atom stereocenters. The largest absolute Gasteiger partial charge is 0.388 e. The summed E-state index contributed by atoms with van der Waals surface area (Å²) in [5, 5.41) is 12.8. The Morgan fingerprint density at radius 1 is 1.47 bits per heavy atom. The van der Waals surface area contributed by atoms with Gasteiger partial charge in [0, 0.05) is 33.1 Å². The fourth-order valence-electron chi connectivity index (χ4n) is 1.96. The molecule has 0 aromatic rings. The normalized spacial score (nSPS) is 16.2. The van der Waals surface area contributed by atoms with E-state index in [2.05, 4.69) is 19.2 Å². The van der Waals surface area contributed by atoms with Gasteiger partial charge in [0.2, 0.25) is 5.91 Å². The van der Waals surface area contributed by atoms with Crippen LogP contribution < -0.4 is 11.1 Å². The van der Waals surface area contributed by atoms with Crippen LogP contribution in [0, 0.1) is 11.8 Å². The van der Waals surface area contributed by atoms with Crippen molar-refractivity contribution in [1.29, 1.82) is 0 Å². The summed E-state index contributed by atoms with van der Waals surface area (Å²) in [5.74, 6) is 0.698. The second-order valence-electron chi connectivity index (χ2n) is 5.95. The van der Waals surface area contributed by atoms with Crippen LogP contribution in [0.2, 0.25) is 0 Å². The quantitative estimate of drug-likeness (QED) is 0.552. The number of hydrogen-bond donors (Lipinski definition) is 3. The first kappa shape index (κ1) is 18.4. The second kappa shape index (κ2) is 9.28. The van der Waals surface area contributed by atoms with Gasteiger partial charge in [-0.15, -0.1) is 0 Å². The number of aliphatic hydroxyl groups is 1. The van der Waals surface area contributed by atoms with Crippen molar-refractivity contribution in [1.82, 2.24) is 5.32 Å². The molecular weight excluding hydrogens is 244 g/mol. The zero-order chi connectivity index (χ0) is 14.9. The van der Waals surface area contributed by atoms with Gasteiger partial charge in [0.1, 0.15) is 0 Å². The molecule has 0 aromatic carbocycles. The van der Waals surface area contributed by atoms with Crippen LogP contribution in [0.5, 0.6) is 0 Å². The van der Waals surface area contributed by atoms with Gasteiger partial charge in [-0.25, -0.2) is 0 Å². The molecule has 2 atom stereocenters. The smallest absolute Gasteiger partial charge is 0.220 e. The summed E-state index contributed by atoms with van der Waals surface area (Å²) in [6, 6.07) is 0. The summed E-state index contributed by atoms with van der Waals surface area (Å²) in [7, 11) is 1.59. The lowest BCUT2D eigenvalue weighted by atomic mass is 9.94. The van der Waals surface area contributed by atoms with Gasteiger partial charge in [-0.05, 0) is 31.7 Å². The van der Waals surface area contributed by atoms with E-state index in [1.54, 1.807) is 14.0 Å². The third-order valence-electron chi connectivity index (χ3n) is 3.12. The van der Waals surface area contributed by atoms with Gasteiger partial charge in [0.25, 0.3) is 0 Å². The number of ether oxygens (including phenoxy) is 1. The number of amides is 1. The fourth-order valence-corrected chi connectivity index (χ4v) is 1.96. The van der Waals surface area contributed by atoms with Gasteiger partial charge in [0.15, 0.2) is 0 Å². The van der Waals surface area contributed by atoms with Gasteiger partial charge in [0.05, 0.1) is 5.60 Å². The highest BCUT2D eigenvalue weighted by Crippen LogP contribution is 2.14. The zero-order valence-corrected chi connectivity index (χ0v) is 12.7. The average molecular weight is 274 g/mol. The van der Waals surface area contributed by atoms with Gasteiger partial charge >= 0.3 is 0 Å². The first-order chi connectivity index (χ1) is 8.80. The van der Waals surface area contributed by atoms with E-state index in [1.807, 2.05) is 0 Å². The Bertz CT molecular complexity index is 255. The molecule has 5 nitrogen and oxygen atoms in total. The Morgan fingerprint density at radius 3 is 2.58 bits per heavy atom. The Morgan fingerprint density at radius 2 is 2.11 bits per heavy atom. The lowest BCUT2D eigenvalue weighted by Gasteiger charge is -2.24. The van der Waals surface area contributed by atoms with Crippen LogP contribution in [0.1, 0.15) is 40.0 Å². The molecule has 0 bridgehead atoms. The van der Waals surface area contributed by atoms with E-state index in [1.165, 1.54) is 0 Å². The van der Waals surface area contributed by atoms with Crippen LogP contribution in [0.15, 0.2) is 0 Å². The van der Waals surface area contributed by atoms with E-state index in [4.69, 9.17) is 10.5 Å². The number of rotatable bonds is 10. The minimum Gasteiger partial charge on any atom is -0.388 e. The SMILES string of the molecule is COCCC(C)(O)CNC(=O)C[C@@H](CN)CC(C)C. The standard InChI is InChI=1S/C14H30N2O3/c1-11(2)7-12(9-15)8-13(17)16-10-14(3,18)5-6-19-4/h11-12,18H,5-10,15H2,1-4H3,(H,16,17)/t12-,14?/m0/s1. The molecule has 0 aliphatic carbocycles. The molecule has 0 aliphatic heterocycles. The zero-order valence-electron chi connectivity index (χ0n) is 12.7. The van der Waals surface area contributed by atoms with Crippen molar-refractivity contribution < 1.29 is 14.6 Å². The van der Waals surface area contributed by atoms with E-state index >= 15 is 0 Å². The van der Waals surface area contributed by atoms with Gasteiger partial charge in [-0.2, -0.15) is 0 Å². The van der Waals surface area contributed by atoms with Crippen LogP contribution in [0.25, 0.3) is 0 Å². The molecule has 1 amide bonds. The van der Waals surface area contributed by atoms with Crippen molar-refractivity contribution in [2.24, 2.45) is 17.6 Å². The maximum absolute atomic E-state index is 11.8. The van der Waals surface area contributed by atoms with E-state index < -0.39 is 5.60 Å². The third-order valence-corrected chi connectivity index (χ3v) is 3.12. The number of nitrogens with one attached hydrogen (secondary N) is 1. The average Bonchev–Trinajstić information content (AvgIpc) is 2.33. The summed E-state index contributed by atoms with van der Waals surface area (Å²) >= 11 is 0. The molecule has 0 fully saturated rings. The van der Waals surface area contributed by atoms with Crippen LogP contribution in [0.3, 0.4) is 0 Å². The summed E-state index contributed by atoms with van der Waals surface area (Å²) in [6.45, 7) is 7.18.